The summed E-state index contributed by atoms with van der Waals surface area (Å²) in [4.78, 5) is 10.6. The Kier molecular flexibility index (Phi) is 5.60. The molecule has 0 unspecified atom stereocenters. The number of aliphatic imine (C=N–C) groups is 1. The molecule has 0 aliphatic carbocycles. The third-order valence-electron chi connectivity index (χ3n) is 3.99. The summed E-state index contributed by atoms with van der Waals surface area (Å²) >= 11 is 0. The SMILES string of the molecule is FC1=CN(CN2CCOCC2)CN=C1NCN1CCOCC1. The maximum atomic E-state index is 14.1. The zero-order valence-corrected chi connectivity index (χ0v) is 12.8. The van der Waals surface area contributed by atoms with Gasteiger partial charge < -0.3 is 19.7 Å². The number of ether oxygens (including phenoxy) is 2. The molecule has 0 radical (unpaired) electrons. The number of hydrogen-bond acceptors (Lipinski definition) is 7. The van der Waals surface area contributed by atoms with Crippen LogP contribution in [-0.4, -0.2) is 93.1 Å². The molecular formula is C14H24FN5O2. The van der Waals surface area contributed by atoms with Crippen LogP contribution in [0, 0.1) is 0 Å². The van der Waals surface area contributed by atoms with Gasteiger partial charge in [-0.05, 0) is 0 Å². The number of rotatable bonds is 4. The van der Waals surface area contributed by atoms with Crippen molar-refractivity contribution in [3.8, 4) is 0 Å². The summed E-state index contributed by atoms with van der Waals surface area (Å²) in [5.41, 5.74) is 0. The molecule has 7 nitrogen and oxygen atoms in total. The fourth-order valence-corrected chi connectivity index (χ4v) is 2.67. The molecule has 1 N–H and O–H groups in total. The Morgan fingerprint density at radius 3 is 2.32 bits per heavy atom. The van der Waals surface area contributed by atoms with E-state index in [1.54, 1.807) is 6.20 Å². The summed E-state index contributed by atoms with van der Waals surface area (Å²) in [6.07, 6.45) is 1.55. The van der Waals surface area contributed by atoms with Gasteiger partial charge in [0.1, 0.15) is 6.67 Å². The third kappa shape index (κ3) is 4.39. The third-order valence-corrected chi connectivity index (χ3v) is 3.99. The van der Waals surface area contributed by atoms with Gasteiger partial charge in [0, 0.05) is 32.4 Å². The van der Waals surface area contributed by atoms with E-state index in [2.05, 4.69) is 20.1 Å². The van der Waals surface area contributed by atoms with Gasteiger partial charge in [0.05, 0.1) is 39.8 Å². The molecule has 0 aromatic heterocycles. The van der Waals surface area contributed by atoms with Crippen LogP contribution in [0.3, 0.4) is 0 Å². The van der Waals surface area contributed by atoms with Crippen molar-refractivity contribution in [1.82, 2.24) is 20.0 Å². The Bertz CT molecular complexity index is 419. The minimum atomic E-state index is -0.298. The topological polar surface area (TPSA) is 52.6 Å². The average molecular weight is 313 g/mol. The highest BCUT2D eigenvalue weighted by Crippen LogP contribution is 2.10. The molecule has 0 saturated carbocycles. The summed E-state index contributed by atoms with van der Waals surface area (Å²) in [6.45, 7) is 8.25. The van der Waals surface area contributed by atoms with Crippen LogP contribution in [0.1, 0.15) is 0 Å². The number of halogens is 1. The molecule has 3 heterocycles. The fraction of sp³-hybridized carbons (Fsp3) is 0.786. The molecule has 0 aromatic rings. The molecule has 2 fully saturated rings. The highest BCUT2D eigenvalue weighted by molar-refractivity contribution is 5.96. The standard InChI is InChI=1S/C14H24FN5O2/c15-13-9-20(12-19-3-7-22-8-4-19)11-17-14(13)16-10-18-1-5-21-6-2-18/h9H,1-8,10-12H2,(H,16,17). The van der Waals surface area contributed by atoms with Crippen LogP contribution in [0.15, 0.2) is 17.0 Å². The second-order valence-electron chi connectivity index (χ2n) is 5.65. The lowest BCUT2D eigenvalue weighted by atomic mass is 10.4. The minimum Gasteiger partial charge on any atom is -0.379 e. The van der Waals surface area contributed by atoms with Crippen molar-refractivity contribution in [3.63, 3.8) is 0 Å². The highest BCUT2D eigenvalue weighted by atomic mass is 19.1. The van der Waals surface area contributed by atoms with Crippen LogP contribution in [0.4, 0.5) is 4.39 Å². The van der Waals surface area contributed by atoms with Crippen molar-refractivity contribution < 1.29 is 13.9 Å². The van der Waals surface area contributed by atoms with Gasteiger partial charge in [-0.1, -0.05) is 0 Å². The normalized spacial score (nSPS) is 24.9. The van der Waals surface area contributed by atoms with Gasteiger partial charge in [0.25, 0.3) is 0 Å². The summed E-state index contributed by atoms with van der Waals surface area (Å²) in [6, 6.07) is 0. The van der Waals surface area contributed by atoms with Crippen molar-refractivity contribution in [3.05, 3.63) is 12.0 Å². The second-order valence-corrected chi connectivity index (χ2v) is 5.65. The molecule has 8 heteroatoms. The monoisotopic (exact) mass is 313 g/mol. The Hall–Kier alpha value is -1.22. The number of hydrogen-bond donors (Lipinski definition) is 1. The highest BCUT2D eigenvalue weighted by Gasteiger charge is 2.19. The van der Waals surface area contributed by atoms with E-state index in [-0.39, 0.29) is 5.83 Å². The molecule has 22 heavy (non-hydrogen) atoms. The van der Waals surface area contributed by atoms with E-state index in [9.17, 15) is 4.39 Å². The van der Waals surface area contributed by atoms with E-state index >= 15 is 0 Å². The van der Waals surface area contributed by atoms with Gasteiger partial charge >= 0.3 is 0 Å². The van der Waals surface area contributed by atoms with Gasteiger partial charge in [-0.3, -0.25) is 9.80 Å². The van der Waals surface area contributed by atoms with E-state index in [1.165, 1.54) is 0 Å². The smallest absolute Gasteiger partial charge is 0.180 e. The van der Waals surface area contributed by atoms with Crippen molar-refractivity contribution in [1.29, 1.82) is 0 Å². The molecule has 2 saturated heterocycles. The first-order valence-corrected chi connectivity index (χ1v) is 7.81. The predicted octanol–water partition coefficient (Wildman–Crippen LogP) is -0.362. The van der Waals surface area contributed by atoms with Crippen molar-refractivity contribution >= 4 is 5.84 Å². The fourth-order valence-electron chi connectivity index (χ4n) is 2.67. The summed E-state index contributed by atoms with van der Waals surface area (Å²) in [5.74, 6) is 0.0532. The average Bonchev–Trinajstić information content (AvgIpc) is 2.56. The molecule has 3 aliphatic heterocycles. The molecule has 0 atom stereocenters. The maximum Gasteiger partial charge on any atom is 0.180 e. The first kappa shape index (κ1) is 15.7. The van der Waals surface area contributed by atoms with Gasteiger partial charge in [0.2, 0.25) is 0 Å². The first-order valence-electron chi connectivity index (χ1n) is 7.81. The van der Waals surface area contributed by atoms with Crippen LogP contribution in [-0.2, 0) is 9.47 Å². The Labute approximate surface area is 130 Å². The molecule has 0 amide bonds. The van der Waals surface area contributed by atoms with Gasteiger partial charge in [-0.2, -0.15) is 0 Å². The lowest BCUT2D eigenvalue weighted by molar-refractivity contribution is 0.0181. The van der Waals surface area contributed by atoms with Crippen LogP contribution in [0.25, 0.3) is 0 Å². The molecule has 3 aliphatic rings. The lowest BCUT2D eigenvalue weighted by Gasteiger charge is -2.33. The van der Waals surface area contributed by atoms with E-state index in [0.29, 0.717) is 25.8 Å². The first-order chi connectivity index (χ1) is 10.8. The quantitative estimate of drug-likeness (QED) is 0.765. The Morgan fingerprint density at radius 2 is 1.68 bits per heavy atom. The zero-order valence-electron chi connectivity index (χ0n) is 12.8. The van der Waals surface area contributed by atoms with E-state index in [1.807, 2.05) is 4.90 Å². The molecular weight excluding hydrogens is 289 g/mol. The largest absolute Gasteiger partial charge is 0.379 e. The molecule has 124 valence electrons. The minimum absolute atomic E-state index is 0.298. The zero-order chi connectivity index (χ0) is 15.2. The predicted molar refractivity (Wildman–Crippen MR) is 81.0 cm³/mol. The molecule has 0 spiro atoms. The summed E-state index contributed by atoms with van der Waals surface area (Å²) in [5, 5.41) is 3.08. The van der Waals surface area contributed by atoms with E-state index in [4.69, 9.17) is 9.47 Å². The van der Waals surface area contributed by atoms with Crippen molar-refractivity contribution in [2.24, 2.45) is 4.99 Å². The van der Waals surface area contributed by atoms with Crippen LogP contribution >= 0.6 is 0 Å². The van der Waals surface area contributed by atoms with Crippen LogP contribution in [0.2, 0.25) is 0 Å². The number of nitrogens with one attached hydrogen (secondary N) is 1. The Balaban J connectivity index is 1.43. The molecule has 3 rings (SSSR count). The van der Waals surface area contributed by atoms with Gasteiger partial charge in [-0.25, -0.2) is 9.38 Å². The van der Waals surface area contributed by atoms with Gasteiger partial charge in [0.15, 0.2) is 11.7 Å². The maximum absolute atomic E-state index is 14.1. The van der Waals surface area contributed by atoms with Crippen molar-refractivity contribution in [2.75, 3.05) is 72.6 Å². The van der Waals surface area contributed by atoms with E-state index in [0.717, 1.165) is 52.6 Å². The van der Waals surface area contributed by atoms with Crippen LogP contribution in [0.5, 0.6) is 0 Å². The lowest BCUT2D eigenvalue weighted by Crippen LogP contribution is -2.46. The summed E-state index contributed by atoms with van der Waals surface area (Å²) < 4.78 is 24.8. The van der Waals surface area contributed by atoms with E-state index < -0.39 is 0 Å². The second kappa shape index (κ2) is 7.87. The molecule has 0 bridgehead atoms. The Morgan fingerprint density at radius 1 is 1.05 bits per heavy atom. The van der Waals surface area contributed by atoms with Crippen LogP contribution < -0.4 is 5.32 Å². The number of morpholine rings is 2. The summed E-state index contributed by atoms with van der Waals surface area (Å²) in [7, 11) is 0. The van der Waals surface area contributed by atoms with Gasteiger partial charge in [-0.15, -0.1) is 0 Å². The van der Waals surface area contributed by atoms with Crippen molar-refractivity contribution in [2.45, 2.75) is 0 Å². The number of nitrogens with zero attached hydrogens (tertiary/aromatic N) is 4. The number of amidine groups is 1. The molecule has 0 aromatic carbocycles.